The second kappa shape index (κ2) is 3.04. The third-order valence-corrected chi connectivity index (χ3v) is 1.56. The number of carbonyl (C=O) groups is 1. The number of aromatic nitrogens is 2. The first-order chi connectivity index (χ1) is 5.82. The number of aryl methyl sites for hydroxylation is 1. The van der Waals surface area contributed by atoms with E-state index in [2.05, 4.69) is 10.8 Å². The Hall–Kier alpha value is -1.01. The summed E-state index contributed by atoms with van der Waals surface area (Å²) in [5.41, 5.74) is 3.30. The van der Waals surface area contributed by atoms with Gasteiger partial charge in [-0.2, -0.15) is 13.9 Å². The number of nitrogens with zero attached hydrogens (tertiary/aromatic N) is 2. The molecule has 0 saturated heterocycles. The van der Waals surface area contributed by atoms with Crippen molar-refractivity contribution in [3.05, 3.63) is 17.5 Å². The molecule has 2 N–H and O–H groups in total. The third kappa shape index (κ3) is 2.02. The van der Waals surface area contributed by atoms with Gasteiger partial charge >= 0.3 is 6.05 Å². The molecule has 0 aliphatic heterocycles. The standard InChI is InChI=1S/C6H6ClF2N3O/c1-12-2-3(5(7)13)4(11-12)6(8,9)10/h2H,10H2,1H3. The van der Waals surface area contributed by atoms with Crippen LogP contribution in [0.1, 0.15) is 16.1 Å². The predicted molar refractivity (Wildman–Crippen MR) is 41.5 cm³/mol. The van der Waals surface area contributed by atoms with Crippen molar-refractivity contribution in [2.24, 2.45) is 12.8 Å². The molecule has 0 atom stereocenters. The zero-order valence-corrected chi connectivity index (χ0v) is 7.35. The zero-order chi connectivity index (χ0) is 10.2. The molecule has 0 aliphatic rings. The minimum absolute atomic E-state index is 0.378. The quantitative estimate of drug-likeness (QED) is 0.579. The summed E-state index contributed by atoms with van der Waals surface area (Å²) >= 11 is 5.05. The number of hydrogen-bond acceptors (Lipinski definition) is 3. The molecule has 0 aliphatic carbocycles. The number of carbonyl (C=O) groups excluding carboxylic acids is 1. The van der Waals surface area contributed by atoms with Crippen molar-refractivity contribution in [3.63, 3.8) is 0 Å². The van der Waals surface area contributed by atoms with Gasteiger partial charge in [0, 0.05) is 13.2 Å². The van der Waals surface area contributed by atoms with Crippen LogP contribution in [-0.4, -0.2) is 15.0 Å². The Morgan fingerprint density at radius 3 is 2.62 bits per heavy atom. The molecule has 0 spiro atoms. The van der Waals surface area contributed by atoms with Crippen LogP contribution in [0.4, 0.5) is 8.78 Å². The molecule has 4 nitrogen and oxygen atoms in total. The largest absolute Gasteiger partial charge is 0.346 e. The monoisotopic (exact) mass is 209 g/mol. The molecule has 13 heavy (non-hydrogen) atoms. The Morgan fingerprint density at radius 1 is 1.77 bits per heavy atom. The Kier molecular flexibility index (Phi) is 2.36. The summed E-state index contributed by atoms with van der Waals surface area (Å²) in [5, 5.41) is 2.33. The van der Waals surface area contributed by atoms with Crippen LogP contribution in [0.5, 0.6) is 0 Å². The van der Waals surface area contributed by atoms with Crippen molar-refractivity contribution >= 4 is 16.8 Å². The summed E-state index contributed by atoms with van der Waals surface area (Å²) in [7, 11) is 1.39. The summed E-state index contributed by atoms with van der Waals surface area (Å²) in [4.78, 5) is 10.6. The number of hydrogen-bond donors (Lipinski definition) is 1. The molecule has 0 bridgehead atoms. The smallest absolute Gasteiger partial charge is 0.275 e. The fourth-order valence-electron chi connectivity index (χ4n) is 0.879. The van der Waals surface area contributed by atoms with Gasteiger partial charge in [0.2, 0.25) is 0 Å². The van der Waals surface area contributed by atoms with E-state index in [1.165, 1.54) is 7.05 Å². The van der Waals surface area contributed by atoms with Gasteiger partial charge in [-0.15, -0.1) is 0 Å². The number of halogens is 3. The molecule has 0 radical (unpaired) electrons. The van der Waals surface area contributed by atoms with E-state index < -0.39 is 17.0 Å². The van der Waals surface area contributed by atoms with Gasteiger partial charge in [0.1, 0.15) is 0 Å². The third-order valence-electron chi connectivity index (χ3n) is 1.36. The van der Waals surface area contributed by atoms with Crippen molar-refractivity contribution in [3.8, 4) is 0 Å². The molecule has 1 rings (SSSR count). The second-order valence-electron chi connectivity index (χ2n) is 2.46. The summed E-state index contributed by atoms with van der Waals surface area (Å²) in [5.74, 6) is 0. The van der Waals surface area contributed by atoms with E-state index in [0.29, 0.717) is 0 Å². The van der Waals surface area contributed by atoms with Gasteiger partial charge in [-0.1, -0.05) is 0 Å². The minimum atomic E-state index is -3.65. The van der Waals surface area contributed by atoms with Gasteiger partial charge in [0.25, 0.3) is 5.24 Å². The van der Waals surface area contributed by atoms with Crippen molar-refractivity contribution in [1.82, 2.24) is 9.78 Å². The first-order valence-electron chi connectivity index (χ1n) is 3.23. The van der Waals surface area contributed by atoms with E-state index in [1.54, 1.807) is 0 Å². The van der Waals surface area contributed by atoms with Crippen molar-refractivity contribution in [2.75, 3.05) is 0 Å². The molecule has 1 aromatic heterocycles. The van der Waals surface area contributed by atoms with Crippen LogP contribution in [0.3, 0.4) is 0 Å². The Bertz CT molecular complexity index is 344. The lowest BCUT2D eigenvalue weighted by Crippen LogP contribution is -2.27. The molecule has 0 amide bonds. The first kappa shape index (κ1) is 10.1. The van der Waals surface area contributed by atoms with Gasteiger partial charge in [-0.25, -0.2) is 0 Å². The lowest BCUT2D eigenvalue weighted by Gasteiger charge is -2.06. The second-order valence-corrected chi connectivity index (χ2v) is 2.81. The van der Waals surface area contributed by atoms with Gasteiger partial charge in [-0.05, 0) is 11.6 Å². The van der Waals surface area contributed by atoms with Crippen LogP contribution in [0.15, 0.2) is 6.20 Å². The Labute approximate surface area is 77.3 Å². The maximum absolute atomic E-state index is 12.6. The molecule has 0 fully saturated rings. The summed E-state index contributed by atoms with van der Waals surface area (Å²) in [6, 6.07) is -3.65. The van der Waals surface area contributed by atoms with Gasteiger partial charge in [0.15, 0.2) is 5.69 Å². The van der Waals surface area contributed by atoms with Crippen molar-refractivity contribution < 1.29 is 13.6 Å². The lowest BCUT2D eigenvalue weighted by atomic mass is 10.2. The summed E-state index contributed by atoms with van der Waals surface area (Å²) in [6.07, 6.45) is 1.09. The van der Waals surface area contributed by atoms with E-state index in [4.69, 9.17) is 11.6 Å². The summed E-state index contributed by atoms with van der Waals surface area (Å²) in [6.45, 7) is 0. The highest BCUT2D eigenvalue weighted by Crippen LogP contribution is 2.24. The van der Waals surface area contributed by atoms with Crippen molar-refractivity contribution in [1.29, 1.82) is 0 Å². The van der Waals surface area contributed by atoms with Crippen molar-refractivity contribution in [2.45, 2.75) is 6.05 Å². The number of nitrogens with two attached hydrogens (primary N) is 1. The maximum Gasteiger partial charge on any atom is 0.346 e. The van der Waals surface area contributed by atoms with E-state index in [0.717, 1.165) is 10.9 Å². The highest BCUT2D eigenvalue weighted by Gasteiger charge is 2.34. The van der Waals surface area contributed by atoms with Gasteiger partial charge < -0.3 is 0 Å². The lowest BCUT2D eigenvalue weighted by molar-refractivity contribution is -0.00280. The Balaban J connectivity index is 3.28. The van der Waals surface area contributed by atoms with Crippen LogP contribution < -0.4 is 5.73 Å². The molecular formula is C6H6ClF2N3O. The van der Waals surface area contributed by atoms with Crippen LogP contribution in [-0.2, 0) is 13.1 Å². The first-order valence-corrected chi connectivity index (χ1v) is 3.61. The normalized spacial score (nSPS) is 11.8. The molecule has 1 heterocycles. The molecular weight excluding hydrogens is 204 g/mol. The number of rotatable bonds is 2. The fraction of sp³-hybridized carbons (Fsp3) is 0.333. The molecule has 0 aromatic carbocycles. The van der Waals surface area contributed by atoms with E-state index in [-0.39, 0.29) is 5.56 Å². The van der Waals surface area contributed by atoms with Crippen LogP contribution >= 0.6 is 11.6 Å². The van der Waals surface area contributed by atoms with Gasteiger partial charge in [0.05, 0.1) is 5.56 Å². The van der Waals surface area contributed by atoms with Crippen LogP contribution in [0, 0.1) is 0 Å². The Morgan fingerprint density at radius 2 is 2.31 bits per heavy atom. The highest BCUT2D eigenvalue weighted by molar-refractivity contribution is 6.67. The molecule has 7 heteroatoms. The summed E-state index contributed by atoms with van der Waals surface area (Å²) < 4.78 is 26.2. The van der Waals surface area contributed by atoms with Crippen LogP contribution in [0.2, 0.25) is 0 Å². The molecule has 72 valence electrons. The SMILES string of the molecule is Cn1cc(C(=O)Cl)c(C(N)(F)F)n1. The van der Waals surface area contributed by atoms with Crippen LogP contribution in [0.25, 0.3) is 0 Å². The van der Waals surface area contributed by atoms with E-state index in [1.807, 2.05) is 0 Å². The predicted octanol–water partition coefficient (Wildman–Crippen LogP) is 0.807. The molecule has 0 unspecified atom stereocenters. The van der Waals surface area contributed by atoms with Gasteiger partial charge in [-0.3, -0.25) is 15.2 Å². The molecule has 1 aromatic rings. The maximum atomic E-state index is 12.6. The van der Waals surface area contributed by atoms with E-state index >= 15 is 0 Å². The average molecular weight is 210 g/mol. The minimum Gasteiger partial charge on any atom is -0.275 e. The fourth-order valence-corrected chi connectivity index (χ4v) is 1.02. The highest BCUT2D eigenvalue weighted by atomic mass is 35.5. The zero-order valence-electron chi connectivity index (χ0n) is 6.59. The topological polar surface area (TPSA) is 60.9 Å². The molecule has 0 saturated carbocycles. The number of alkyl halides is 2. The van der Waals surface area contributed by atoms with E-state index in [9.17, 15) is 13.6 Å². The average Bonchev–Trinajstić information content (AvgIpc) is 2.29.